The van der Waals surface area contributed by atoms with Crippen molar-refractivity contribution in [3.05, 3.63) is 12.7 Å². The van der Waals surface area contributed by atoms with Gasteiger partial charge in [-0.15, -0.1) is 0 Å². The number of alkyl halides is 1. The molecule has 2 unspecified atom stereocenters. The van der Waals surface area contributed by atoms with E-state index in [0.717, 1.165) is 6.08 Å². The summed E-state index contributed by atoms with van der Waals surface area (Å²) in [6.45, 7) is 3.15. The van der Waals surface area contributed by atoms with Crippen LogP contribution in [0.3, 0.4) is 0 Å². The van der Waals surface area contributed by atoms with Gasteiger partial charge in [-0.25, -0.2) is 4.39 Å². The summed E-state index contributed by atoms with van der Waals surface area (Å²) in [5, 5.41) is 8.37. The van der Waals surface area contributed by atoms with Gasteiger partial charge in [-0.1, -0.05) is 12.7 Å². The summed E-state index contributed by atoms with van der Waals surface area (Å²) in [5.74, 6) is -1.31. The Labute approximate surface area is 57.3 Å². The van der Waals surface area contributed by atoms with Crippen molar-refractivity contribution in [2.75, 3.05) is 0 Å². The topological polar surface area (TPSA) is 63.3 Å². The molecule has 0 aromatic rings. The molecule has 0 aromatic carbocycles. The molecule has 0 aliphatic heterocycles. The van der Waals surface area contributed by atoms with E-state index in [0.29, 0.717) is 0 Å². The van der Waals surface area contributed by atoms with E-state index in [1.54, 1.807) is 0 Å². The molecule has 2 atom stereocenters. The maximum absolute atomic E-state index is 12.9. The summed E-state index contributed by atoms with van der Waals surface area (Å²) in [7, 11) is 0. The molecule has 3 N–H and O–H groups in total. The summed E-state index contributed by atoms with van der Waals surface area (Å²) in [6.07, 6.45) is 0.778. The van der Waals surface area contributed by atoms with Crippen LogP contribution in [0.4, 0.5) is 4.39 Å². The number of aliphatic carboxylic acids is 1. The summed E-state index contributed by atoms with van der Waals surface area (Å²) in [4.78, 5) is 10.2. The second-order valence-electron chi connectivity index (χ2n) is 2.52. The molecule has 56 valence electrons. The summed E-state index contributed by atoms with van der Waals surface area (Å²) in [5.41, 5.74) is 1.53. The molecule has 0 bridgehead atoms. The zero-order valence-electron chi connectivity index (χ0n) is 5.30. The van der Waals surface area contributed by atoms with Gasteiger partial charge in [0.1, 0.15) is 0 Å². The standard InChI is InChI=1S/C6H8FNO2/c1-2-5(7)3-6(5,8)4(9)10/h2H,1,3,8H2,(H,9,10). The van der Waals surface area contributed by atoms with E-state index in [1.807, 2.05) is 0 Å². The van der Waals surface area contributed by atoms with Crippen molar-refractivity contribution in [2.24, 2.45) is 5.73 Å². The average Bonchev–Trinajstić information content (AvgIpc) is 2.39. The van der Waals surface area contributed by atoms with Gasteiger partial charge < -0.3 is 10.8 Å². The SMILES string of the molecule is C=CC1(F)CC1(N)C(=O)O. The van der Waals surface area contributed by atoms with Gasteiger partial charge in [-0.05, 0) is 0 Å². The minimum atomic E-state index is -1.89. The first kappa shape index (κ1) is 7.21. The molecule has 0 aromatic heterocycles. The molecule has 0 heterocycles. The Balaban J connectivity index is 2.82. The predicted octanol–water partition coefficient (Wildman–Crippen LogP) is 0.0665. The Hall–Kier alpha value is -0.900. The molecule has 1 saturated carbocycles. The van der Waals surface area contributed by atoms with Crippen molar-refractivity contribution in [3.8, 4) is 0 Å². The van der Waals surface area contributed by atoms with Gasteiger partial charge in [0.15, 0.2) is 11.2 Å². The number of carbonyl (C=O) groups is 1. The third-order valence-electron chi connectivity index (χ3n) is 1.86. The minimum Gasteiger partial charge on any atom is -0.480 e. The molecular weight excluding hydrogens is 137 g/mol. The molecule has 4 heteroatoms. The van der Waals surface area contributed by atoms with E-state index in [1.165, 1.54) is 0 Å². The number of carboxylic acids is 1. The zero-order valence-corrected chi connectivity index (χ0v) is 5.30. The molecule has 1 fully saturated rings. The van der Waals surface area contributed by atoms with Gasteiger partial charge in [0, 0.05) is 6.42 Å². The second-order valence-corrected chi connectivity index (χ2v) is 2.52. The van der Waals surface area contributed by atoms with E-state index < -0.39 is 17.2 Å². The lowest BCUT2D eigenvalue weighted by Gasteiger charge is -2.04. The van der Waals surface area contributed by atoms with Crippen LogP contribution >= 0.6 is 0 Å². The molecule has 1 aliphatic rings. The van der Waals surface area contributed by atoms with E-state index >= 15 is 0 Å². The fourth-order valence-electron chi connectivity index (χ4n) is 0.869. The van der Waals surface area contributed by atoms with Gasteiger partial charge in [0.25, 0.3) is 0 Å². The third kappa shape index (κ3) is 0.593. The Morgan fingerprint density at radius 3 is 2.50 bits per heavy atom. The van der Waals surface area contributed by atoms with Crippen molar-refractivity contribution >= 4 is 5.97 Å². The molecule has 1 aliphatic carbocycles. The third-order valence-corrected chi connectivity index (χ3v) is 1.86. The highest BCUT2D eigenvalue weighted by molar-refractivity contribution is 5.86. The first-order valence-electron chi connectivity index (χ1n) is 2.81. The number of hydrogen-bond donors (Lipinski definition) is 2. The molecule has 0 spiro atoms. The van der Waals surface area contributed by atoms with Crippen LogP contribution in [0.5, 0.6) is 0 Å². The maximum Gasteiger partial charge on any atom is 0.327 e. The van der Waals surface area contributed by atoms with Gasteiger partial charge in [-0.2, -0.15) is 0 Å². The summed E-state index contributed by atoms with van der Waals surface area (Å²) in [6, 6.07) is 0. The average molecular weight is 145 g/mol. The predicted molar refractivity (Wildman–Crippen MR) is 33.2 cm³/mol. The van der Waals surface area contributed by atoms with Gasteiger partial charge >= 0.3 is 5.97 Å². The maximum atomic E-state index is 12.9. The quantitative estimate of drug-likeness (QED) is 0.540. The van der Waals surface area contributed by atoms with Crippen molar-refractivity contribution < 1.29 is 14.3 Å². The molecule has 3 nitrogen and oxygen atoms in total. The number of rotatable bonds is 2. The molecule has 0 radical (unpaired) electrons. The van der Waals surface area contributed by atoms with E-state index in [-0.39, 0.29) is 6.42 Å². The van der Waals surface area contributed by atoms with E-state index in [4.69, 9.17) is 10.8 Å². The van der Waals surface area contributed by atoms with Gasteiger partial charge in [0.2, 0.25) is 0 Å². The van der Waals surface area contributed by atoms with Crippen LogP contribution in [0.25, 0.3) is 0 Å². The van der Waals surface area contributed by atoms with Crippen LogP contribution < -0.4 is 5.73 Å². The van der Waals surface area contributed by atoms with Crippen molar-refractivity contribution in [2.45, 2.75) is 17.6 Å². The van der Waals surface area contributed by atoms with Crippen molar-refractivity contribution in [1.82, 2.24) is 0 Å². The van der Waals surface area contributed by atoms with E-state index in [9.17, 15) is 9.18 Å². The largest absolute Gasteiger partial charge is 0.480 e. The Morgan fingerprint density at radius 1 is 1.90 bits per heavy atom. The van der Waals surface area contributed by atoms with Crippen LogP contribution in [-0.2, 0) is 4.79 Å². The van der Waals surface area contributed by atoms with Crippen LogP contribution in [0.2, 0.25) is 0 Å². The normalized spacial score (nSPS) is 44.6. The zero-order chi connectivity index (χ0) is 7.99. The van der Waals surface area contributed by atoms with Crippen LogP contribution in [0.1, 0.15) is 6.42 Å². The van der Waals surface area contributed by atoms with Crippen molar-refractivity contribution in [1.29, 1.82) is 0 Å². The molecule has 0 saturated heterocycles. The fourth-order valence-corrected chi connectivity index (χ4v) is 0.869. The van der Waals surface area contributed by atoms with Crippen molar-refractivity contribution in [3.63, 3.8) is 0 Å². The lowest BCUT2D eigenvalue weighted by molar-refractivity contribution is -0.140. The van der Waals surface area contributed by atoms with Crippen LogP contribution in [0.15, 0.2) is 12.7 Å². The van der Waals surface area contributed by atoms with Gasteiger partial charge in [-0.3, -0.25) is 4.79 Å². The Kier molecular flexibility index (Phi) is 1.14. The Morgan fingerprint density at radius 2 is 2.40 bits per heavy atom. The monoisotopic (exact) mass is 145 g/mol. The fraction of sp³-hybridized carbons (Fsp3) is 0.500. The lowest BCUT2D eigenvalue weighted by Crippen LogP contribution is -2.39. The molecule has 0 amide bonds. The molecule has 1 rings (SSSR count). The number of halogens is 1. The van der Waals surface area contributed by atoms with Crippen LogP contribution in [-0.4, -0.2) is 22.3 Å². The van der Waals surface area contributed by atoms with Crippen LogP contribution in [0, 0.1) is 0 Å². The highest BCUT2D eigenvalue weighted by atomic mass is 19.1. The number of carboxylic acid groups (broad SMARTS) is 1. The molecular formula is C6H8FNO2. The van der Waals surface area contributed by atoms with Gasteiger partial charge in [0.05, 0.1) is 0 Å². The summed E-state index contributed by atoms with van der Waals surface area (Å²) >= 11 is 0. The van der Waals surface area contributed by atoms with E-state index in [2.05, 4.69) is 6.58 Å². The first-order chi connectivity index (χ1) is 4.46. The minimum absolute atomic E-state index is 0.168. The smallest absolute Gasteiger partial charge is 0.327 e. The number of nitrogens with two attached hydrogens (primary N) is 1. The molecule has 10 heavy (non-hydrogen) atoms. The second kappa shape index (κ2) is 1.58. The lowest BCUT2D eigenvalue weighted by atomic mass is 10.2. The summed E-state index contributed by atoms with van der Waals surface area (Å²) < 4.78 is 12.9. The first-order valence-corrected chi connectivity index (χ1v) is 2.81. The Bertz CT molecular complexity index is 206. The highest BCUT2D eigenvalue weighted by Crippen LogP contribution is 2.50. The number of hydrogen-bond acceptors (Lipinski definition) is 2. The highest BCUT2D eigenvalue weighted by Gasteiger charge is 2.70.